The number of hydrogen-bond acceptors (Lipinski definition) is 6. The van der Waals surface area contributed by atoms with Crippen molar-refractivity contribution < 1.29 is 28.5 Å². The SMILES string of the molecule is CCOc1cc(NC(=O)c2ccccc2)c(OCC)cc1NC(=O)/C=C/c1ccc(OCC)c(OCC)c1. The number of anilines is 2. The molecule has 3 aromatic rings. The average molecular weight is 519 g/mol. The van der Waals surface area contributed by atoms with Crippen LogP contribution in [-0.4, -0.2) is 38.2 Å². The van der Waals surface area contributed by atoms with Gasteiger partial charge in [-0.15, -0.1) is 0 Å². The fourth-order valence-electron chi connectivity index (χ4n) is 3.61. The summed E-state index contributed by atoms with van der Waals surface area (Å²) < 4.78 is 22.8. The van der Waals surface area contributed by atoms with E-state index in [1.54, 1.807) is 42.5 Å². The van der Waals surface area contributed by atoms with Gasteiger partial charge in [-0.25, -0.2) is 0 Å². The molecule has 0 saturated heterocycles. The van der Waals surface area contributed by atoms with Gasteiger partial charge in [-0.2, -0.15) is 0 Å². The lowest BCUT2D eigenvalue weighted by atomic mass is 10.1. The van der Waals surface area contributed by atoms with Crippen LogP contribution >= 0.6 is 0 Å². The molecule has 0 fully saturated rings. The first-order chi connectivity index (χ1) is 18.5. The Kier molecular flexibility index (Phi) is 10.6. The van der Waals surface area contributed by atoms with Crippen LogP contribution in [0, 0.1) is 0 Å². The van der Waals surface area contributed by atoms with Gasteiger partial charge in [0.2, 0.25) is 5.91 Å². The molecule has 0 aromatic heterocycles. The van der Waals surface area contributed by atoms with Crippen LogP contribution in [0.1, 0.15) is 43.6 Å². The van der Waals surface area contributed by atoms with E-state index in [0.29, 0.717) is 66.4 Å². The molecule has 2 amide bonds. The fourth-order valence-corrected chi connectivity index (χ4v) is 3.61. The van der Waals surface area contributed by atoms with Crippen molar-refractivity contribution in [3.63, 3.8) is 0 Å². The van der Waals surface area contributed by atoms with Gasteiger partial charge in [-0.05, 0) is 63.6 Å². The molecular formula is C30H34N2O6. The minimum atomic E-state index is -0.360. The zero-order valence-electron chi connectivity index (χ0n) is 22.2. The highest BCUT2D eigenvalue weighted by Crippen LogP contribution is 2.37. The zero-order valence-corrected chi connectivity index (χ0v) is 22.2. The average Bonchev–Trinajstić information content (AvgIpc) is 2.92. The Balaban J connectivity index is 1.82. The summed E-state index contributed by atoms with van der Waals surface area (Å²) in [5.41, 5.74) is 2.16. The zero-order chi connectivity index (χ0) is 27.3. The molecule has 38 heavy (non-hydrogen) atoms. The van der Waals surface area contributed by atoms with Crippen LogP contribution in [0.5, 0.6) is 23.0 Å². The minimum Gasteiger partial charge on any atom is -0.492 e. The largest absolute Gasteiger partial charge is 0.492 e. The predicted molar refractivity (Wildman–Crippen MR) is 150 cm³/mol. The summed E-state index contributed by atoms with van der Waals surface area (Å²) in [5, 5.41) is 5.72. The van der Waals surface area contributed by atoms with Gasteiger partial charge in [0.05, 0.1) is 37.8 Å². The number of carbonyl (C=O) groups is 2. The summed E-state index contributed by atoms with van der Waals surface area (Å²) in [6.45, 7) is 9.25. The number of nitrogens with one attached hydrogen (secondary N) is 2. The standard InChI is InChI=1S/C30H34N2O6/c1-5-35-25-16-14-21(18-28(25)38-8-4)15-17-29(33)31-23-19-27(37-7-3)24(20-26(23)36-6-2)32-30(34)22-12-10-9-11-13-22/h9-20H,5-8H2,1-4H3,(H,31,33)(H,32,34)/b17-15+. The first-order valence-corrected chi connectivity index (χ1v) is 12.7. The summed E-state index contributed by atoms with van der Waals surface area (Å²) >= 11 is 0. The smallest absolute Gasteiger partial charge is 0.255 e. The quantitative estimate of drug-likeness (QED) is 0.262. The number of carbonyl (C=O) groups excluding carboxylic acids is 2. The number of benzene rings is 3. The van der Waals surface area contributed by atoms with Gasteiger partial charge in [0.15, 0.2) is 11.5 Å². The van der Waals surface area contributed by atoms with Crippen molar-refractivity contribution in [3.05, 3.63) is 77.9 Å². The van der Waals surface area contributed by atoms with E-state index in [9.17, 15) is 9.59 Å². The second kappa shape index (κ2) is 14.3. The molecule has 0 atom stereocenters. The highest BCUT2D eigenvalue weighted by atomic mass is 16.5. The summed E-state index contributed by atoms with van der Waals surface area (Å²) in [4.78, 5) is 25.6. The maximum absolute atomic E-state index is 12.8. The molecule has 0 saturated carbocycles. The van der Waals surface area contributed by atoms with Crippen molar-refractivity contribution in [2.75, 3.05) is 37.1 Å². The first-order valence-electron chi connectivity index (χ1n) is 12.7. The van der Waals surface area contributed by atoms with E-state index in [2.05, 4.69) is 10.6 Å². The van der Waals surface area contributed by atoms with E-state index in [0.717, 1.165) is 5.56 Å². The normalized spacial score (nSPS) is 10.6. The van der Waals surface area contributed by atoms with E-state index in [4.69, 9.17) is 18.9 Å². The van der Waals surface area contributed by atoms with Crippen molar-refractivity contribution in [3.8, 4) is 23.0 Å². The molecule has 200 valence electrons. The molecule has 2 N–H and O–H groups in total. The van der Waals surface area contributed by atoms with Crippen LogP contribution in [0.2, 0.25) is 0 Å². The van der Waals surface area contributed by atoms with E-state index in [1.807, 2.05) is 52.0 Å². The van der Waals surface area contributed by atoms with Crippen molar-refractivity contribution in [2.24, 2.45) is 0 Å². The molecule has 0 aliphatic carbocycles. The van der Waals surface area contributed by atoms with Crippen LogP contribution in [0.15, 0.2) is 66.7 Å². The van der Waals surface area contributed by atoms with Crippen LogP contribution in [0.3, 0.4) is 0 Å². The molecule has 3 rings (SSSR count). The molecule has 0 heterocycles. The van der Waals surface area contributed by atoms with Gasteiger partial charge in [-0.3, -0.25) is 9.59 Å². The number of ether oxygens (including phenoxy) is 4. The topological polar surface area (TPSA) is 95.1 Å². The second-order valence-electron chi connectivity index (χ2n) is 7.93. The lowest BCUT2D eigenvalue weighted by molar-refractivity contribution is -0.111. The Morgan fingerprint density at radius 3 is 1.82 bits per heavy atom. The molecule has 0 bridgehead atoms. The van der Waals surface area contributed by atoms with Crippen molar-refractivity contribution in [1.29, 1.82) is 0 Å². The molecule has 0 spiro atoms. The summed E-state index contributed by atoms with van der Waals surface area (Å²) in [6, 6.07) is 17.7. The van der Waals surface area contributed by atoms with E-state index in [1.165, 1.54) is 6.08 Å². The monoisotopic (exact) mass is 518 g/mol. The van der Waals surface area contributed by atoms with Gasteiger partial charge in [0.25, 0.3) is 5.91 Å². The van der Waals surface area contributed by atoms with Crippen LogP contribution < -0.4 is 29.6 Å². The fraction of sp³-hybridized carbons (Fsp3) is 0.267. The van der Waals surface area contributed by atoms with Gasteiger partial charge in [0, 0.05) is 23.8 Å². The third-order valence-electron chi connectivity index (χ3n) is 5.22. The van der Waals surface area contributed by atoms with Gasteiger partial charge in [0.1, 0.15) is 11.5 Å². The number of amides is 2. The molecule has 0 aliphatic heterocycles. The van der Waals surface area contributed by atoms with Crippen LogP contribution in [0.4, 0.5) is 11.4 Å². The maximum Gasteiger partial charge on any atom is 0.255 e. The molecule has 0 radical (unpaired) electrons. The Bertz CT molecular complexity index is 1260. The van der Waals surface area contributed by atoms with Crippen molar-refractivity contribution in [2.45, 2.75) is 27.7 Å². The number of hydrogen-bond donors (Lipinski definition) is 2. The first kappa shape index (κ1) is 28.1. The molecule has 8 nitrogen and oxygen atoms in total. The lowest BCUT2D eigenvalue weighted by Gasteiger charge is -2.17. The Hall–Kier alpha value is -4.46. The third-order valence-corrected chi connectivity index (χ3v) is 5.22. The Morgan fingerprint density at radius 2 is 1.21 bits per heavy atom. The Morgan fingerprint density at radius 1 is 0.658 bits per heavy atom. The van der Waals surface area contributed by atoms with Crippen LogP contribution in [-0.2, 0) is 4.79 Å². The molecule has 3 aromatic carbocycles. The molecule has 0 unspecified atom stereocenters. The van der Waals surface area contributed by atoms with Crippen LogP contribution in [0.25, 0.3) is 6.08 Å². The maximum atomic E-state index is 12.8. The third kappa shape index (κ3) is 7.77. The summed E-state index contributed by atoms with van der Waals surface area (Å²) in [7, 11) is 0. The second-order valence-corrected chi connectivity index (χ2v) is 7.93. The lowest BCUT2D eigenvalue weighted by Crippen LogP contribution is -2.14. The van der Waals surface area contributed by atoms with E-state index < -0.39 is 0 Å². The summed E-state index contributed by atoms with van der Waals surface area (Å²) in [6.07, 6.45) is 3.11. The highest BCUT2D eigenvalue weighted by Gasteiger charge is 2.16. The van der Waals surface area contributed by atoms with E-state index >= 15 is 0 Å². The Labute approximate surface area is 223 Å². The number of rotatable bonds is 13. The van der Waals surface area contributed by atoms with Gasteiger partial charge < -0.3 is 29.6 Å². The molecular weight excluding hydrogens is 484 g/mol. The predicted octanol–water partition coefficient (Wildman–Crippen LogP) is 6.19. The molecule has 8 heteroatoms. The van der Waals surface area contributed by atoms with Crippen molar-refractivity contribution in [1.82, 2.24) is 0 Å². The summed E-state index contributed by atoms with van der Waals surface area (Å²) in [5.74, 6) is 1.44. The molecule has 0 aliphatic rings. The van der Waals surface area contributed by atoms with Gasteiger partial charge >= 0.3 is 0 Å². The highest BCUT2D eigenvalue weighted by molar-refractivity contribution is 6.06. The van der Waals surface area contributed by atoms with E-state index in [-0.39, 0.29) is 11.8 Å². The minimum absolute atomic E-state index is 0.282. The van der Waals surface area contributed by atoms with Crippen molar-refractivity contribution >= 4 is 29.3 Å². The van der Waals surface area contributed by atoms with Gasteiger partial charge in [-0.1, -0.05) is 24.3 Å².